The van der Waals surface area contributed by atoms with Crippen LogP contribution in [0.1, 0.15) is 44.3 Å². The summed E-state index contributed by atoms with van der Waals surface area (Å²) >= 11 is 3.17. The zero-order valence-corrected chi connectivity index (χ0v) is 14.7. The van der Waals surface area contributed by atoms with E-state index in [2.05, 4.69) is 23.8 Å². The lowest BCUT2D eigenvalue weighted by Crippen LogP contribution is -2.21. The van der Waals surface area contributed by atoms with Gasteiger partial charge in [0.05, 0.1) is 16.8 Å². The summed E-state index contributed by atoms with van der Waals surface area (Å²) < 4.78 is 0. The zero-order chi connectivity index (χ0) is 16.3. The summed E-state index contributed by atoms with van der Waals surface area (Å²) in [7, 11) is 0. The van der Waals surface area contributed by atoms with Crippen LogP contribution in [-0.4, -0.2) is 27.0 Å². The van der Waals surface area contributed by atoms with Crippen molar-refractivity contribution in [2.24, 2.45) is 5.92 Å². The Morgan fingerprint density at radius 2 is 1.95 bits per heavy atom. The molecular formula is C16H20N2O2S2. The minimum Gasteiger partial charge on any atom is -0.388 e. The van der Waals surface area contributed by atoms with Crippen molar-refractivity contribution in [1.82, 2.24) is 9.97 Å². The molecule has 118 valence electrons. The number of hydrogen-bond acceptors (Lipinski definition) is 6. The van der Waals surface area contributed by atoms with E-state index in [1.165, 1.54) is 18.3 Å². The number of carbonyl (C=O) groups is 1. The second kappa shape index (κ2) is 7.26. The summed E-state index contributed by atoms with van der Waals surface area (Å²) in [5, 5.41) is 15.8. The Bertz CT molecular complexity index is 673. The molecule has 0 aromatic carbocycles. The molecule has 0 bridgehead atoms. The van der Waals surface area contributed by atoms with E-state index in [9.17, 15) is 9.90 Å². The second-order valence-electron chi connectivity index (χ2n) is 5.55. The number of hydrogen-bond donors (Lipinski definition) is 1. The van der Waals surface area contributed by atoms with Crippen molar-refractivity contribution < 1.29 is 9.90 Å². The van der Waals surface area contributed by atoms with Crippen LogP contribution >= 0.6 is 22.7 Å². The van der Waals surface area contributed by atoms with Gasteiger partial charge in [-0.05, 0) is 13.0 Å². The quantitative estimate of drug-likeness (QED) is 0.866. The number of aliphatic hydroxyl groups excluding tert-OH is 1. The molecule has 0 aliphatic rings. The van der Waals surface area contributed by atoms with E-state index in [-0.39, 0.29) is 5.78 Å². The molecular weight excluding hydrogens is 316 g/mol. The third-order valence-electron chi connectivity index (χ3n) is 3.37. The third kappa shape index (κ3) is 4.09. The van der Waals surface area contributed by atoms with E-state index in [1.54, 1.807) is 30.4 Å². The largest absolute Gasteiger partial charge is 0.388 e. The Morgan fingerprint density at radius 3 is 2.55 bits per heavy atom. The summed E-state index contributed by atoms with van der Waals surface area (Å²) in [5.74, 6) is -0.0115. The first-order valence-corrected chi connectivity index (χ1v) is 8.92. The van der Waals surface area contributed by atoms with Crippen LogP contribution in [0.3, 0.4) is 0 Å². The average molecular weight is 336 g/mol. The Morgan fingerprint density at radius 1 is 1.23 bits per heavy atom. The molecule has 6 heteroatoms. The highest BCUT2D eigenvalue weighted by molar-refractivity contribution is 7.14. The van der Waals surface area contributed by atoms with Gasteiger partial charge in [0, 0.05) is 22.6 Å². The fourth-order valence-corrected chi connectivity index (χ4v) is 3.38. The average Bonchev–Trinajstić information content (AvgIpc) is 3.12. The molecule has 0 aliphatic heterocycles. The maximum absolute atomic E-state index is 11.2. The highest BCUT2D eigenvalue weighted by Crippen LogP contribution is 2.28. The molecule has 0 fully saturated rings. The van der Waals surface area contributed by atoms with Gasteiger partial charge in [0.25, 0.3) is 0 Å². The van der Waals surface area contributed by atoms with E-state index in [1.807, 2.05) is 10.8 Å². The summed E-state index contributed by atoms with van der Waals surface area (Å²) in [5.41, 5.74) is 1.67. The van der Waals surface area contributed by atoms with Crippen molar-refractivity contribution in [2.75, 3.05) is 0 Å². The molecule has 2 heterocycles. The normalized spacial score (nSPS) is 14.6. The highest BCUT2D eigenvalue weighted by atomic mass is 32.1. The molecule has 0 spiro atoms. The molecule has 2 aromatic rings. The van der Waals surface area contributed by atoms with Crippen LogP contribution in [0.25, 0.3) is 16.8 Å². The fraction of sp³-hybridized carbons (Fsp3) is 0.438. The summed E-state index contributed by atoms with van der Waals surface area (Å²) in [6.45, 7) is 7.44. The number of nitrogens with zero attached hydrogens (tertiary/aromatic N) is 2. The van der Waals surface area contributed by atoms with Crippen LogP contribution in [-0.2, 0) is 4.79 Å². The lowest BCUT2D eigenvalue weighted by molar-refractivity contribution is -0.122. The molecule has 0 amide bonds. The van der Waals surface area contributed by atoms with Gasteiger partial charge in [-0.25, -0.2) is 9.97 Å². The molecule has 2 aromatic heterocycles. The van der Waals surface area contributed by atoms with Gasteiger partial charge in [0.15, 0.2) is 0 Å². The number of aliphatic hydroxyl groups is 1. The van der Waals surface area contributed by atoms with Gasteiger partial charge in [-0.3, -0.25) is 4.79 Å². The zero-order valence-electron chi connectivity index (χ0n) is 13.1. The highest BCUT2D eigenvalue weighted by Gasteiger charge is 2.16. The molecule has 0 saturated heterocycles. The van der Waals surface area contributed by atoms with Crippen LogP contribution in [0.4, 0.5) is 0 Å². The van der Waals surface area contributed by atoms with Gasteiger partial charge in [0.1, 0.15) is 16.5 Å². The Balaban J connectivity index is 2.09. The summed E-state index contributed by atoms with van der Waals surface area (Å²) in [6, 6.07) is 0. The predicted octanol–water partition coefficient (Wildman–Crippen LogP) is 3.99. The Labute approximate surface area is 138 Å². The maximum atomic E-state index is 11.2. The molecule has 0 radical (unpaired) electrons. The van der Waals surface area contributed by atoms with E-state index in [4.69, 9.17) is 0 Å². The van der Waals surface area contributed by atoms with Gasteiger partial charge >= 0.3 is 0 Å². The first-order chi connectivity index (χ1) is 10.4. The number of ketones is 1. The SMILES string of the molecule is CC(=O)[C@H](C)[C@@H](O)/C=C/c1csc(-c2csc(C(C)C)n2)n1. The number of thiazole rings is 2. The summed E-state index contributed by atoms with van der Waals surface area (Å²) in [6.07, 6.45) is 2.58. The van der Waals surface area contributed by atoms with Gasteiger partial charge in [0.2, 0.25) is 0 Å². The Kier molecular flexibility index (Phi) is 5.61. The number of Topliss-reactive ketones (excluding diaryl/α,β-unsaturated/α-hetero) is 1. The number of carbonyl (C=O) groups excluding carboxylic acids is 1. The maximum Gasteiger partial charge on any atom is 0.143 e. The molecule has 0 unspecified atom stereocenters. The van der Waals surface area contributed by atoms with Crippen LogP contribution < -0.4 is 0 Å². The van der Waals surface area contributed by atoms with Crippen molar-refractivity contribution in [2.45, 2.75) is 39.7 Å². The van der Waals surface area contributed by atoms with Crippen LogP contribution in [0.2, 0.25) is 0 Å². The van der Waals surface area contributed by atoms with Crippen molar-refractivity contribution in [1.29, 1.82) is 0 Å². The topological polar surface area (TPSA) is 63.1 Å². The third-order valence-corrected chi connectivity index (χ3v) is 5.40. The minimum atomic E-state index is -0.783. The van der Waals surface area contributed by atoms with Crippen molar-refractivity contribution in [3.63, 3.8) is 0 Å². The number of rotatable bonds is 6. The van der Waals surface area contributed by atoms with Crippen LogP contribution in [0.15, 0.2) is 16.8 Å². The van der Waals surface area contributed by atoms with E-state index in [0.717, 1.165) is 21.4 Å². The van der Waals surface area contributed by atoms with E-state index < -0.39 is 12.0 Å². The first-order valence-electron chi connectivity index (χ1n) is 7.16. The smallest absolute Gasteiger partial charge is 0.143 e. The molecule has 1 N–H and O–H groups in total. The minimum absolute atomic E-state index is 0.0280. The molecule has 2 rings (SSSR count). The molecule has 0 saturated carbocycles. The fourth-order valence-electron chi connectivity index (χ4n) is 1.74. The lowest BCUT2D eigenvalue weighted by atomic mass is 10.0. The monoisotopic (exact) mass is 336 g/mol. The standard InChI is InChI=1S/C16H20N2O2S2/c1-9(2)15-18-13(8-22-15)16-17-12(7-21-16)5-6-14(20)10(3)11(4)19/h5-10,14,20H,1-4H3/b6-5+/t10-,14-/m0/s1. The second-order valence-corrected chi connectivity index (χ2v) is 7.30. The first kappa shape index (κ1) is 17.0. The molecule has 2 atom stereocenters. The van der Waals surface area contributed by atoms with E-state index >= 15 is 0 Å². The van der Waals surface area contributed by atoms with Crippen LogP contribution in [0.5, 0.6) is 0 Å². The molecule has 4 nitrogen and oxygen atoms in total. The van der Waals surface area contributed by atoms with Gasteiger partial charge in [-0.1, -0.05) is 26.8 Å². The van der Waals surface area contributed by atoms with Crippen molar-refractivity contribution in [3.05, 3.63) is 27.5 Å². The predicted molar refractivity (Wildman–Crippen MR) is 92.2 cm³/mol. The van der Waals surface area contributed by atoms with Crippen LogP contribution in [0, 0.1) is 5.92 Å². The summed E-state index contributed by atoms with van der Waals surface area (Å²) in [4.78, 5) is 20.3. The molecule has 22 heavy (non-hydrogen) atoms. The van der Waals surface area contributed by atoms with E-state index in [0.29, 0.717) is 5.92 Å². The lowest BCUT2D eigenvalue weighted by Gasteiger charge is -2.10. The van der Waals surface area contributed by atoms with Gasteiger partial charge in [-0.2, -0.15) is 0 Å². The molecule has 0 aliphatic carbocycles. The van der Waals surface area contributed by atoms with Gasteiger partial charge < -0.3 is 5.11 Å². The Hall–Kier alpha value is -1.37. The van der Waals surface area contributed by atoms with Crippen molar-refractivity contribution in [3.8, 4) is 10.7 Å². The van der Waals surface area contributed by atoms with Gasteiger partial charge in [-0.15, -0.1) is 22.7 Å². The van der Waals surface area contributed by atoms with Crippen molar-refractivity contribution >= 4 is 34.5 Å². The number of aromatic nitrogens is 2.